The zero-order valence-electron chi connectivity index (χ0n) is 18.0. The molecule has 33 heavy (non-hydrogen) atoms. The first-order valence-corrected chi connectivity index (χ1v) is 10.9. The number of likely N-dealkylation sites (tertiary alicyclic amines) is 1. The average molecular weight is 444 g/mol. The lowest BCUT2D eigenvalue weighted by molar-refractivity contribution is 0.100. The lowest BCUT2D eigenvalue weighted by Crippen LogP contribution is -2.57. The number of piperazine rings is 1. The Balaban J connectivity index is 1.34. The molecule has 2 aromatic carbocycles. The third-order valence-corrected chi connectivity index (χ3v) is 6.61. The van der Waals surface area contributed by atoms with E-state index in [2.05, 4.69) is 15.2 Å². The van der Waals surface area contributed by atoms with Gasteiger partial charge in [0.2, 0.25) is 0 Å². The standard InChI is InChI=1S/C25H25N5O3/c26-20-8-4-5-9-21(20)28-23(31)18-10-11-22(27-14-18)29-16-25(12-17-6-2-1-3-7-17)13-19(29)15-30(25)24(32)33/h1-11,14,19H,12-13,15-16,26H2,(H,28,31)(H,32,33)/t19-,25-/m0/s1. The summed E-state index contributed by atoms with van der Waals surface area (Å²) < 4.78 is 0. The number of carbonyl (C=O) groups excluding carboxylic acids is 1. The summed E-state index contributed by atoms with van der Waals surface area (Å²) in [7, 11) is 0. The van der Waals surface area contributed by atoms with Crippen LogP contribution in [0, 0.1) is 0 Å². The number of pyridine rings is 1. The van der Waals surface area contributed by atoms with Crippen molar-refractivity contribution >= 4 is 29.2 Å². The highest BCUT2D eigenvalue weighted by atomic mass is 16.4. The van der Waals surface area contributed by atoms with Crippen LogP contribution in [0.2, 0.25) is 0 Å². The molecule has 1 aromatic heterocycles. The molecule has 2 aliphatic rings. The van der Waals surface area contributed by atoms with Crippen LogP contribution in [0.5, 0.6) is 0 Å². The first-order chi connectivity index (χ1) is 15.9. The van der Waals surface area contributed by atoms with Crippen LogP contribution in [0.15, 0.2) is 72.9 Å². The number of hydrogen-bond donors (Lipinski definition) is 3. The van der Waals surface area contributed by atoms with Crippen LogP contribution in [0.3, 0.4) is 0 Å². The van der Waals surface area contributed by atoms with Crippen LogP contribution in [0.1, 0.15) is 22.3 Å². The molecule has 2 saturated heterocycles. The second-order valence-electron chi connectivity index (χ2n) is 8.71. The Bertz CT molecular complexity index is 1180. The zero-order chi connectivity index (χ0) is 23.0. The van der Waals surface area contributed by atoms with Gasteiger partial charge in [-0.2, -0.15) is 0 Å². The molecule has 2 aliphatic heterocycles. The number of nitrogens with zero attached hydrogens (tertiary/aromatic N) is 3. The summed E-state index contributed by atoms with van der Waals surface area (Å²) in [4.78, 5) is 32.9. The van der Waals surface area contributed by atoms with Gasteiger partial charge in [-0.15, -0.1) is 0 Å². The van der Waals surface area contributed by atoms with Crippen molar-refractivity contribution in [2.24, 2.45) is 0 Å². The number of carbonyl (C=O) groups is 2. The van der Waals surface area contributed by atoms with Crippen LogP contribution in [-0.4, -0.2) is 51.7 Å². The van der Waals surface area contributed by atoms with Gasteiger partial charge in [-0.25, -0.2) is 9.78 Å². The van der Waals surface area contributed by atoms with Gasteiger partial charge >= 0.3 is 6.09 Å². The fourth-order valence-electron chi connectivity index (χ4n) is 5.07. The maximum Gasteiger partial charge on any atom is 0.407 e. The second-order valence-corrected chi connectivity index (χ2v) is 8.71. The Morgan fingerprint density at radius 2 is 1.85 bits per heavy atom. The molecule has 0 radical (unpaired) electrons. The average Bonchev–Trinajstić information content (AvgIpc) is 3.37. The van der Waals surface area contributed by atoms with Gasteiger partial charge < -0.3 is 21.1 Å². The monoisotopic (exact) mass is 443 g/mol. The van der Waals surface area contributed by atoms with Crippen LogP contribution in [0.4, 0.5) is 22.0 Å². The maximum absolute atomic E-state index is 12.6. The summed E-state index contributed by atoms with van der Waals surface area (Å²) >= 11 is 0. The minimum Gasteiger partial charge on any atom is -0.465 e. The van der Waals surface area contributed by atoms with E-state index < -0.39 is 11.6 Å². The Hall–Kier alpha value is -4.07. The summed E-state index contributed by atoms with van der Waals surface area (Å²) in [5.41, 5.74) is 8.02. The summed E-state index contributed by atoms with van der Waals surface area (Å²) in [6, 6.07) is 20.7. The third kappa shape index (κ3) is 3.84. The number of fused-ring (bicyclic) bond motifs is 2. The minimum atomic E-state index is -0.881. The number of carboxylic acid groups (broad SMARTS) is 1. The number of nitrogens with one attached hydrogen (secondary N) is 1. The molecule has 8 nitrogen and oxygen atoms in total. The molecule has 3 heterocycles. The van der Waals surface area contributed by atoms with Gasteiger partial charge in [0.15, 0.2) is 0 Å². The summed E-state index contributed by atoms with van der Waals surface area (Å²) in [5, 5.41) is 12.6. The van der Waals surface area contributed by atoms with Crippen molar-refractivity contribution in [2.75, 3.05) is 29.0 Å². The minimum absolute atomic E-state index is 0.0566. The molecular weight excluding hydrogens is 418 g/mol. The number of amides is 2. The van der Waals surface area contributed by atoms with Gasteiger partial charge in [-0.3, -0.25) is 9.69 Å². The normalized spacial score (nSPS) is 21.3. The summed E-state index contributed by atoms with van der Waals surface area (Å²) in [6.45, 7) is 1.01. The number of rotatable bonds is 5. The third-order valence-electron chi connectivity index (χ3n) is 6.61. The highest BCUT2D eigenvalue weighted by molar-refractivity contribution is 6.05. The second kappa shape index (κ2) is 8.12. The molecule has 168 valence electrons. The Labute approximate surface area is 191 Å². The van der Waals surface area contributed by atoms with E-state index in [1.165, 1.54) is 0 Å². The van der Waals surface area contributed by atoms with E-state index in [1.54, 1.807) is 41.4 Å². The number of benzene rings is 2. The molecule has 2 bridgehead atoms. The SMILES string of the molecule is Nc1ccccc1NC(=O)c1ccc(N2C[C@]3(Cc4ccccc4)C[C@H]2CN3C(=O)O)nc1. The number of nitrogen functional groups attached to an aromatic ring is 1. The molecule has 2 fully saturated rings. The van der Waals surface area contributed by atoms with Gasteiger partial charge in [0.25, 0.3) is 5.91 Å². The molecule has 2 atom stereocenters. The number of aromatic nitrogens is 1. The number of anilines is 3. The van der Waals surface area contributed by atoms with Crippen molar-refractivity contribution < 1.29 is 14.7 Å². The van der Waals surface area contributed by atoms with E-state index in [4.69, 9.17) is 5.73 Å². The fraction of sp³-hybridized carbons (Fsp3) is 0.240. The van der Waals surface area contributed by atoms with Crippen molar-refractivity contribution in [1.29, 1.82) is 0 Å². The topological polar surface area (TPSA) is 112 Å². The molecule has 3 aromatic rings. The van der Waals surface area contributed by atoms with E-state index in [0.717, 1.165) is 17.8 Å². The molecule has 0 spiro atoms. The van der Waals surface area contributed by atoms with Crippen molar-refractivity contribution in [2.45, 2.75) is 24.4 Å². The Morgan fingerprint density at radius 3 is 2.55 bits per heavy atom. The predicted octanol–water partition coefficient (Wildman–Crippen LogP) is 3.47. The maximum atomic E-state index is 12.6. The predicted molar refractivity (Wildman–Crippen MR) is 126 cm³/mol. The highest BCUT2D eigenvalue weighted by Crippen LogP contribution is 2.43. The molecule has 8 heteroatoms. The molecule has 4 N–H and O–H groups in total. The van der Waals surface area contributed by atoms with Crippen LogP contribution in [0.25, 0.3) is 0 Å². The van der Waals surface area contributed by atoms with Gasteiger partial charge in [-0.1, -0.05) is 42.5 Å². The summed E-state index contributed by atoms with van der Waals surface area (Å²) in [6.07, 6.45) is 2.08. The largest absolute Gasteiger partial charge is 0.465 e. The Kier molecular flexibility index (Phi) is 5.12. The van der Waals surface area contributed by atoms with Gasteiger partial charge in [-0.05, 0) is 42.7 Å². The van der Waals surface area contributed by atoms with Crippen molar-refractivity contribution in [1.82, 2.24) is 9.88 Å². The van der Waals surface area contributed by atoms with E-state index in [9.17, 15) is 14.7 Å². The van der Waals surface area contributed by atoms with Gasteiger partial charge in [0.1, 0.15) is 5.82 Å². The summed E-state index contributed by atoms with van der Waals surface area (Å²) in [5.74, 6) is 0.461. The van der Waals surface area contributed by atoms with Crippen molar-refractivity contribution in [3.63, 3.8) is 0 Å². The van der Waals surface area contributed by atoms with Crippen molar-refractivity contribution in [3.8, 4) is 0 Å². The molecule has 0 unspecified atom stereocenters. The van der Waals surface area contributed by atoms with Crippen LogP contribution < -0.4 is 16.0 Å². The lowest BCUT2D eigenvalue weighted by atomic mass is 9.90. The molecule has 2 amide bonds. The van der Waals surface area contributed by atoms with Crippen LogP contribution >= 0.6 is 0 Å². The first kappa shape index (κ1) is 20.8. The number of para-hydroxylation sites is 2. The molecule has 0 saturated carbocycles. The quantitative estimate of drug-likeness (QED) is 0.521. The van der Waals surface area contributed by atoms with E-state index in [0.29, 0.717) is 36.4 Å². The van der Waals surface area contributed by atoms with Gasteiger partial charge in [0.05, 0.1) is 28.5 Å². The zero-order valence-corrected chi connectivity index (χ0v) is 18.0. The van der Waals surface area contributed by atoms with Crippen LogP contribution in [-0.2, 0) is 6.42 Å². The molecule has 0 aliphatic carbocycles. The fourth-order valence-corrected chi connectivity index (χ4v) is 5.07. The Morgan fingerprint density at radius 1 is 1.09 bits per heavy atom. The number of hydrogen-bond acceptors (Lipinski definition) is 5. The number of nitrogens with two attached hydrogens (primary N) is 1. The van der Waals surface area contributed by atoms with Crippen molar-refractivity contribution in [3.05, 3.63) is 84.1 Å². The first-order valence-electron chi connectivity index (χ1n) is 10.9. The lowest BCUT2D eigenvalue weighted by Gasteiger charge is -2.41. The van der Waals surface area contributed by atoms with E-state index in [1.807, 2.05) is 36.4 Å². The smallest absolute Gasteiger partial charge is 0.407 e. The molecular formula is C25H25N5O3. The van der Waals surface area contributed by atoms with E-state index in [-0.39, 0.29) is 11.9 Å². The van der Waals surface area contributed by atoms with Gasteiger partial charge in [0, 0.05) is 19.3 Å². The molecule has 5 rings (SSSR count). The highest BCUT2D eigenvalue weighted by Gasteiger charge is 2.56. The van der Waals surface area contributed by atoms with E-state index >= 15 is 0 Å².